The van der Waals surface area contributed by atoms with Crippen molar-refractivity contribution in [1.29, 1.82) is 0 Å². The second-order valence-electron chi connectivity index (χ2n) is 7.46. The predicted molar refractivity (Wildman–Crippen MR) is 101 cm³/mol. The Balaban J connectivity index is 1.60. The average Bonchev–Trinajstić information content (AvgIpc) is 3.02. The minimum Gasteiger partial charge on any atom is -0.481 e. The first-order valence-corrected chi connectivity index (χ1v) is 8.86. The molecule has 144 valence electrons. The number of halogens is 1. The van der Waals surface area contributed by atoms with E-state index in [2.05, 4.69) is 20.4 Å². The number of nitrogens with zero attached hydrogens (tertiary/aromatic N) is 4. The number of amides is 1. The van der Waals surface area contributed by atoms with Crippen LogP contribution in [0.15, 0.2) is 48.9 Å². The molecule has 3 heterocycles. The molecule has 1 saturated carbocycles. The molecule has 0 radical (unpaired) electrons. The highest BCUT2D eigenvalue weighted by Crippen LogP contribution is 2.64. The Bertz CT molecular complexity index is 1050. The van der Waals surface area contributed by atoms with E-state index < -0.39 is 16.6 Å². The fraction of sp³-hybridized carbons (Fsp3) is 0.300. The number of nitrogens with one attached hydrogen (secondary N) is 1. The summed E-state index contributed by atoms with van der Waals surface area (Å²) >= 11 is 0. The van der Waals surface area contributed by atoms with Gasteiger partial charge < -0.3 is 10.1 Å². The Kier molecular flexibility index (Phi) is 4.14. The number of anilines is 1. The second-order valence-corrected chi connectivity index (χ2v) is 7.46. The van der Waals surface area contributed by atoms with Crippen molar-refractivity contribution < 1.29 is 13.9 Å². The van der Waals surface area contributed by atoms with Gasteiger partial charge in [-0.3, -0.25) is 9.78 Å². The first-order chi connectivity index (χ1) is 13.4. The van der Waals surface area contributed by atoms with E-state index in [1.54, 1.807) is 35.3 Å². The molecule has 1 amide bonds. The number of hydrogen-bond acceptors (Lipinski definition) is 5. The molecule has 4 rings (SSSR count). The molecule has 0 bridgehead atoms. The molecule has 0 aromatic carbocycles. The number of carbonyl (C=O) groups excluding carboxylic acids is 1. The molecule has 0 aliphatic heterocycles. The van der Waals surface area contributed by atoms with Crippen molar-refractivity contribution in [3.05, 3.63) is 60.4 Å². The van der Waals surface area contributed by atoms with E-state index in [4.69, 9.17) is 4.74 Å². The lowest BCUT2D eigenvalue weighted by Gasteiger charge is -2.19. The van der Waals surface area contributed by atoms with Crippen LogP contribution in [0.5, 0.6) is 5.88 Å². The van der Waals surface area contributed by atoms with Crippen molar-refractivity contribution in [3.8, 4) is 11.6 Å². The van der Waals surface area contributed by atoms with Crippen LogP contribution in [0, 0.1) is 11.2 Å². The summed E-state index contributed by atoms with van der Waals surface area (Å²) in [5, 5.41) is 7.21. The number of carbonyl (C=O) groups is 1. The molecule has 1 aliphatic rings. The number of hydrogen-bond donors (Lipinski definition) is 1. The summed E-state index contributed by atoms with van der Waals surface area (Å²) < 4.78 is 21.1. The summed E-state index contributed by atoms with van der Waals surface area (Å²) in [7, 11) is 1.54. The van der Waals surface area contributed by atoms with Gasteiger partial charge in [-0.1, -0.05) is 13.8 Å². The topological polar surface area (TPSA) is 81.9 Å². The number of aromatic nitrogens is 4. The SMILES string of the molecule is COc1cc(-n2ccc(NC(=O)C3(c4ncccc4F)CC3(C)C)n2)ccn1. The molecule has 8 heteroatoms. The summed E-state index contributed by atoms with van der Waals surface area (Å²) in [5.74, 6) is 0.0485. The third-order valence-corrected chi connectivity index (χ3v) is 5.31. The molecular weight excluding hydrogens is 361 g/mol. The summed E-state index contributed by atoms with van der Waals surface area (Å²) in [5.41, 5.74) is -0.490. The molecule has 1 N–H and O–H groups in total. The number of ether oxygens (including phenoxy) is 1. The van der Waals surface area contributed by atoms with Crippen molar-refractivity contribution in [2.45, 2.75) is 25.7 Å². The molecule has 1 fully saturated rings. The minimum absolute atomic E-state index is 0.177. The van der Waals surface area contributed by atoms with Gasteiger partial charge in [0.1, 0.15) is 11.2 Å². The van der Waals surface area contributed by atoms with Crippen molar-refractivity contribution in [1.82, 2.24) is 19.7 Å². The largest absolute Gasteiger partial charge is 0.481 e. The minimum atomic E-state index is -1.01. The quantitative estimate of drug-likeness (QED) is 0.734. The van der Waals surface area contributed by atoms with Crippen LogP contribution < -0.4 is 10.1 Å². The first kappa shape index (κ1) is 18.1. The van der Waals surface area contributed by atoms with Gasteiger partial charge in [0.2, 0.25) is 11.8 Å². The number of rotatable bonds is 5. The van der Waals surface area contributed by atoms with Crippen molar-refractivity contribution in [2.24, 2.45) is 5.41 Å². The highest BCUT2D eigenvalue weighted by Gasteiger charge is 2.69. The highest BCUT2D eigenvalue weighted by molar-refractivity contribution is 6.01. The van der Waals surface area contributed by atoms with Gasteiger partial charge in [0.15, 0.2) is 5.82 Å². The standard InChI is InChI=1S/C20H20FN5O2/c1-19(2)12-20(19,17-14(21)5-4-8-23-17)18(27)24-15-7-10-26(25-15)13-6-9-22-16(11-13)28-3/h4-11H,12H2,1-3H3,(H,24,25,27). The van der Waals surface area contributed by atoms with E-state index in [1.165, 1.54) is 25.4 Å². The van der Waals surface area contributed by atoms with E-state index in [1.807, 2.05) is 13.8 Å². The summed E-state index contributed by atoms with van der Waals surface area (Å²) in [6.45, 7) is 3.87. The van der Waals surface area contributed by atoms with E-state index in [0.717, 1.165) is 5.69 Å². The molecule has 0 spiro atoms. The fourth-order valence-corrected chi connectivity index (χ4v) is 3.63. The molecule has 0 saturated heterocycles. The third-order valence-electron chi connectivity index (χ3n) is 5.31. The predicted octanol–water partition coefficient (Wildman–Crippen LogP) is 3.12. The van der Waals surface area contributed by atoms with E-state index in [9.17, 15) is 9.18 Å². The Morgan fingerprint density at radius 3 is 2.71 bits per heavy atom. The van der Waals surface area contributed by atoms with Crippen LogP contribution in [0.25, 0.3) is 5.69 Å². The van der Waals surface area contributed by atoms with Crippen LogP contribution in [0.3, 0.4) is 0 Å². The van der Waals surface area contributed by atoms with E-state index in [-0.39, 0.29) is 11.6 Å². The van der Waals surface area contributed by atoms with Gasteiger partial charge >= 0.3 is 0 Å². The zero-order valence-corrected chi connectivity index (χ0v) is 15.8. The van der Waals surface area contributed by atoms with Crippen molar-refractivity contribution >= 4 is 11.7 Å². The molecule has 7 nitrogen and oxygen atoms in total. The first-order valence-electron chi connectivity index (χ1n) is 8.86. The maximum atomic E-state index is 14.4. The van der Waals surface area contributed by atoms with Gasteiger partial charge in [-0.15, -0.1) is 0 Å². The number of methoxy groups -OCH3 is 1. The molecular formula is C20H20FN5O2. The van der Waals surface area contributed by atoms with Gasteiger partial charge in [-0.25, -0.2) is 14.1 Å². The van der Waals surface area contributed by atoms with Crippen LogP contribution in [0.4, 0.5) is 10.2 Å². The molecule has 3 aromatic rings. The van der Waals surface area contributed by atoms with Crippen LogP contribution in [0.1, 0.15) is 26.0 Å². The van der Waals surface area contributed by atoms with E-state index in [0.29, 0.717) is 18.1 Å². The second kappa shape index (κ2) is 6.40. The average molecular weight is 381 g/mol. The summed E-state index contributed by atoms with van der Waals surface area (Å²) in [6, 6.07) is 8.04. The van der Waals surface area contributed by atoms with Gasteiger partial charge in [0.25, 0.3) is 0 Å². The lowest BCUT2D eigenvalue weighted by atomic mass is 9.90. The Morgan fingerprint density at radius 2 is 2.04 bits per heavy atom. The normalized spacial score (nSPS) is 19.9. The van der Waals surface area contributed by atoms with Gasteiger partial charge in [0.05, 0.1) is 18.5 Å². The molecule has 1 aliphatic carbocycles. The number of pyridine rings is 2. The van der Waals surface area contributed by atoms with Crippen LogP contribution in [-0.4, -0.2) is 32.8 Å². The molecule has 1 unspecified atom stereocenters. The molecule has 3 aromatic heterocycles. The molecule has 1 atom stereocenters. The van der Waals surface area contributed by atoms with Gasteiger partial charge in [-0.2, -0.15) is 5.10 Å². The zero-order chi connectivity index (χ0) is 19.9. The lowest BCUT2D eigenvalue weighted by Crippen LogP contribution is -2.34. The maximum absolute atomic E-state index is 14.4. The smallest absolute Gasteiger partial charge is 0.238 e. The van der Waals surface area contributed by atoms with Crippen LogP contribution >= 0.6 is 0 Å². The highest BCUT2D eigenvalue weighted by atomic mass is 19.1. The Labute approximate surface area is 161 Å². The lowest BCUT2D eigenvalue weighted by molar-refractivity contribution is -0.119. The maximum Gasteiger partial charge on any atom is 0.238 e. The third kappa shape index (κ3) is 2.81. The summed E-state index contributed by atoms with van der Waals surface area (Å²) in [4.78, 5) is 21.3. The van der Waals surface area contributed by atoms with Crippen molar-refractivity contribution in [2.75, 3.05) is 12.4 Å². The monoisotopic (exact) mass is 381 g/mol. The van der Waals surface area contributed by atoms with Gasteiger partial charge in [-0.05, 0) is 30.0 Å². The van der Waals surface area contributed by atoms with Crippen LogP contribution in [0.2, 0.25) is 0 Å². The summed E-state index contributed by atoms with van der Waals surface area (Å²) in [6.07, 6.45) is 5.35. The van der Waals surface area contributed by atoms with Crippen LogP contribution in [-0.2, 0) is 10.2 Å². The van der Waals surface area contributed by atoms with Crippen molar-refractivity contribution in [3.63, 3.8) is 0 Å². The van der Waals surface area contributed by atoms with E-state index >= 15 is 0 Å². The Hall–Kier alpha value is -3.29. The fourth-order valence-electron chi connectivity index (χ4n) is 3.63. The zero-order valence-electron chi connectivity index (χ0n) is 15.8. The Morgan fingerprint density at radius 1 is 1.25 bits per heavy atom. The van der Waals surface area contributed by atoms with Gasteiger partial charge in [0, 0.05) is 30.7 Å². The molecule has 28 heavy (non-hydrogen) atoms.